The molecule has 1 saturated heterocycles. The Bertz CT molecular complexity index is 1400. The number of hydrogen-bond donors (Lipinski definition) is 2. The fourth-order valence-electron chi connectivity index (χ4n) is 4.33. The van der Waals surface area contributed by atoms with Gasteiger partial charge in [-0.15, -0.1) is 0 Å². The second-order valence-electron chi connectivity index (χ2n) is 8.55. The van der Waals surface area contributed by atoms with Crippen LogP contribution in [0.2, 0.25) is 0 Å². The van der Waals surface area contributed by atoms with Crippen LogP contribution < -0.4 is 15.5 Å². The SMILES string of the molecule is COCC(=O)Nc1ccc(N2C(=S)N[C@@H](c3ccccn3)[C@@H]2c2ccc(Sc3ccccc3)o2)cc1C. The van der Waals surface area contributed by atoms with Gasteiger partial charge in [-0.3, -0.25) is 9.78 Å². The van der Waals surface area contributed by atoms with Crippen LogP contribution in [-0.4, -0.2) is 29.7 Å². The quantitative estimate of drug-likeness (QED) is 0.273. The van der Waals surface area contributed by atoms with Gasteiger partial charge in [-0.05, 0) is 79.3 Å². The molecular formula is C28H26N4O3S2. The maximum absolute atomic E-state index is 12.0. The van der Waals surface area contributed by atoms with Gasteiger partial charge in [-0.25, -0.2) is 0 Å². The third kappa shape index (κ3) is 5.53. The number of hydrogen-bond acceptors (Lipinski definition) is 6. The number of carbonyl (C=O) groups is 1. The molecule has 3 heterocycles. The van der Waals surface area contributed by atoms with E-state index in [0.717, 1.165) is 38.4 Å². The molecule has 5 rings (SSSR count). The Labute approximate surface area is 225 Å². The van der Waals surface area contributed by atoms with E-state index in [9.17, 15) is 4.79 Å². The Hall–Kier alpha value is -3.66. The molecule has 0 aliphatic carbocycles. The Kier molecular flexibility index (Phi) is 7.55. The summed E-state index contributed by atoms with van der Waals surface area (Å²) in [7, 11) is 1.49. The van der Waals surface area contributed by atoms with E-state index in [2.05, 4.69) is 32.7 Å². The molecule has 0 saturated carbocycles. The number of benzene rings is 2. The van der Waals surface area contributed by atoms with E-state index >= 15 is 0 Å². The van der Waals surface area contributed by atoms with Crippen LogP contribution in [0.25, 0.3) is 0 Å². The first-order valence-corrected chi connectivity index (χ1v) is 13.0. The smallest absolute Gasteiger partial charge is 0.250 e. The van der Waals surface area contributed by atoms with Gasteiger partial charge in [0.05, 0.1) is 11.7 Å². The fourth-order valence-corrected chi connectivity index (χ4v) is 5.48. The van der Waals surface area contributed by atoms with Crippen molar-refractivity contribution in [3.8, 4) is 0 Å². The highest BCUT2D eigenvalue weighted by molar-refractivity contribution is 7.99. The molecule has 0 spiro atoms. The molecule has 2 aromatic heterocycles. The molecule has 9 heteroatoms. The van der Waals surface area contributed by atoms with Crippen molar-refractivity contribution in [3.05, 3.63) is 102 Å². The molecule has 4 aromatic rings. The number of methoxy groups -OCH3 is 1. The number of pyridine rings is 1. The number of furan rings is 1. The summed E-state index contributed by atoms with van der Waals surface area (Å²) in [6.07, 6.45) is 1.78. The highest BCUT2D eigenvalue weighted by Gasteiger charge is 2.42. The van der Waals surface area contributed by atoms with E-state index < -0.39 is 0 Å². The number of anilines is 2. The Morgan fingerprint density at radius 2 is 1.95 bits per heavy atom. The number of aryl methyl sites for hydroxylation is 1. The number of carbonyl (C=O) groups excluding carboxylic acids is 1. The zero-order chi connectivity index (χ0) is 25.8. The second kappa shape index (κ2) is 11.2. The van der Waals surface area contributed by atoms with Crippen LogP contribution in [0.3, 0.4) is 0 Å². The molecule has 0 radical (unpaired) electrons. The van der Waals surface area contributed by atoms with Crippen LogP contribution >= 0.6 is 24.0 Å². The summed E-state index contributed by atoms with van der Waals surface area (Å²) in [6.45, 7) is 1.95. The van der Waals surface area contributed by atoms with Gasteiger partial charge in [-0.2, -0.15) is 0 Å². The van der Waals surface area contributed by atoms with Gasteiger partial charge in [0.2, 0.25) is 5.91 Å². The number of aromatic nitrogens is 1. The third-order valence-electron chi connectivity index (χ3n) is 5.99. The number of ether oxygens (including phenoxy) is 1. The summed E-state index contributed by atoms with van der Waals surface area (Å²) in [6, 6.07) is 25.3. The van der Waals surface area contributed by atoms with Gasteiger partial charge in [0.25, 0.3) is 0 Å². The summed E-state index contributed by atoms with van der Waals surface area (Å²) in [4.78, 5) is 19.8. The molecule has 1 fully saturated rings. The maximum Gasteiger partial charge on any atom is 0.250 e. The Morgan fingerprint density at radius 3 is 2.68 bits per heavy atom. The molecule has 0 bridgehead atoms. The van der Waals surface area contributed by atoms with E-state index in [4.69, 9.17) is 21.4 Å². The van der Waals surface area contributed by atoms with Gasteiger partial charge in [-0.1, -0.05) is 36.0 Å². The molecule has 7 nitrogen and oxygen atoms in total. The summed E-state index contributed by atoms with van der Waals surface area (Å²) in [5, 5.41) is 7.70. The minimum atomic E-state index is -0.263. The van der Waals surface area contributed by atoms with Crippen molar-refractivity contribution < 1.29 is 13.9 Å². The normalized spacial score (nSPS) is 17.0. The van der Waals surface area contributed by atoms with Gasteiger partial charge >= 0.3 is 0 Å². The van der Waals surface area contributed by atoms with Crippen LogP contribution in [0.4, 0.5) is 11.4 Å². The van der Waals surface area contributed by atoms with Crippen LogP contribution in [0.5, 0.6) is 0 Å². The molecular weight excluding hydrogens is 504 g/mol. The van der Waals surface area contributed by atoms with E-state index in [-0.39, 0.29) is 24.6 Å². The van der Waals surface area contributed by atoms with Crippen LogP contribution in [0.1, 0.15) is 29.1 Å². The maximum atomic E-state index is 12.0. The summed E-state index contributed by atoms with van der Waals surface area (Å²) in [5.74, 6) is 0.570. The molecule has 0 unspecified atom stereocenters. The first-order valence-electron chi connectivity index (χ1n) is 11.8. The highest BCUT2D eigenvalue weighted by atomic mass is 32.2. The van der Waals surface area contributed by atoms with Crippen LogP contribution in [0, 0.1) is 6.92 Å². The lowest BCUT2D eigenvalue weighted by Gasteiger charge is -2.26. The number of thiocarbonyl (C=S) groups is 1. The predicted octanol–water partition coefficient (Wildman–Crippen LogP) is 5.90. The third-order valence-corrected chi connectivity index (χ3v) is 7.23. The van der Waals surface area contributed by atoms with Gasteiger partial charge < -0.3 is 24.7 Å². The molecule has 1 amide bonds. The van der Waals surface area contributed by atoms with Crippen LogP contribution in [-0.2, 0) is 9.53 Å². The minimum Gasteiger partial charge on any atom is -0.452 e. The first kappa shape index (κ1) is 25.0. The number of nitrogens with one attached hydrogen (secondary N) is 2. The monoisotopic (exact) mass is 530 g/mol. The minimum absolute atomic E-state index is 0.00300. The fraction of sp³-hybridized carbons (Fsp3) is 0.179. The molecule has 2 N–H and O–H groups in total. The van der Waals surface area contributed by atoms with Crippen molar-refractivity contribution in [3.63, 3.8) is 0 Å². The largest absolute Gasteiger partial charge is 0.452 e. The van der Waals surface area contributed by atoms with Crippen molar-refractivity contribution in [1.29, 1.82) is 0 Å². The summed E-state index contributed by atoms with van der Waals surface area (Å²) < 4.78 is 11.3. The Balaban J connectivity index is 1.49. The zero-order valence-electron chi connectivity index (χ0n) is 20.4. The summed E-state index contributed by atoms with van der Waals surface area (Å²) >= 11 is 7.39. The second-order valence-corrected chi connectivity index (χ2v) is 10.0. The van der Waals surface area contributed by atoms with Crippen molar-refractivity contribution >= 4 is 46.4 Å². The summed E-state index contributed by atoms with van der Waals surface area (Å²) in [5.41, 5.74) is 3.38. The lowest BCUT2D eigenvalue weighted by molar-refractivity contribution is -0.119. The number of nitrogens with zero attached hydrogens (tertiary/aromatic N) is 2. The van der Waals surface area contributed by atoms with Gasteiger partial charge in [0.1, 0.15) is 18.4 Å². The van der Waals surface area contributed by atoms with Crippen LogP contribution in [0.15, 0.2) is 99.5 Å². The molecule has 1 aliphatic rings. The standard InChI is InChI=1S/C28H26N4O3S2/c1-18-16-19(11-12-21(18)30-24(33)17-34-2)32-27(26(31-28(32)36)22-10-6-7-15-29-22)23-13-14-25(35-23)37-20-8-4-3-5-9-20/h3-16,26-27H,17H2,1-2H3,(H,30,33)(H,31,36)/t26-,27-/m0/s1. The van der Waals surface area contributed by atoms with E-state index in [1.54, 1.807) is 18.0 Å². The predicted molar refractivity (Wildman–Crippen MR) is 149 cm³/mol. The molecule has 1 aliphatic heterocycles. The van der Waals surface area contributed by atoms with Gasteiger partial charge in [0, 0.05) is 29.6 Å². The number of amides is 1. The zero-order valence-corrected chi connectivity index (χ0v) is 22.0. The average Bonchev–Trinajstić information content (AvgIpc) is 3.50. The van der Waals surface area contributed by atoms with Gasteiger partial charge in [0.15, 0.2) is 10.2 Å². The van der Waals surface area contributed by atoms with Crippen molar-refractivity contribution in [2.24, 2.45) is 0 Å². The van der Waals surface area contributed by atoms with E-state index in [0.29, 0.717) is 5.11 Å². The average molecular weight is 531 g/mol. The van der Waals surface area contributed by atoms with E-state index in [1.807, 2.05) is 73.7 Å². The molecule has 188 valence electrons. The van der Waals surface area contributed by atoms with Crippen molar-refractivity contribution in [1.82, 2.24) is 10.3 Å². The molecule has 37 heavy (non-hydrogen) atoms. The van der Waals surface area contributed by atoms with Crippen molar-refractivity contribution in [2.75, 3.05) is 23.9 Å². The topological polar surface area (TPSA) is 79.6 Å². The lowest BCUT2D eigenvalue weighted by atomic mass is 10.0. The first-order chi connectivity index (χ1) is 18.0. The van der Waals surface area contributed by atoms with E-state index in [1.165, 1.54) is 7.11 Å². The lowest BCUT2D eigenvalue weighted by Crippen LogP contribution is -2.29. The van der Waals surface area contributed by atoms with Crippen molar-refractivity contribution in [2.45, 2.75) is 29.0 Å². The highest BCUT2D eigenvalue weighted by Crippen LogP contribution is 2.44. The number of rotatable bonds is 8. The Morgan fingerprint density at radius 1 is 1.14 bits per heavy atom. The molecule has 2 aromatic carbocycles. The molecule has 2 atom stereocenters.